The molecule has 2 rings (SSSR count). The Morgan fingerprint density at radius 3 is 3.00 bits per heavy atom. The maximum absolute atomic E-state index is 4.13. The average molecular weight is 259 g/mol. The molecule has 2 aromatic rings. The summed E-state index contributed by atoms with van der Waals surface area (Å²) < 4.78 is 3.02. The van der Waals surface area contributed by atoms with Crippen LogP contribution in [-0.4, -0.2) is 14.5 Å². The summed E-state index contributed by atoms with van der Waals surface area (Å²) in [6, 6.07) is 1.99. The first-order valence-corrected chi connectivity index (χ1v) is 4.28. The predicted octanol–water partition coefficient (Wildman–Crippen LogP) is 1.57. The lowest BCUT2D eigenvalue weighted by Gasteiger charge is -1.95. The van der Waals surface area contributed by atoms with Crippen molar-refractivity contribution in [2.24, 2.45) is 7.05 Å². The molecular weight excluding hydrogens is 253 g/mol. The van der Waals surface area contributed by atoms with Crippen LogP contribution in [0.25, 0.3) is 11.0 Å². The van der Waals surface area contributed by atoms with E-state index in [1.807, 2.05) is 23.9 Å². The van der Waals surface area contributed by atoms with Crippen LogP contribution in [0.2, 0.25) is 0 Å². The Balaban J connectivity index is 2.96. The monoisotopic (exact) mass is 259 g/mol. The third-order valence-electron chi connectivity index (χ3n) is 1.61. The van der Waals surface area contributed by atoms with Crippen LogP contribution in [0.15, 0.2) is 18.6 Å². The number of aryl methyl sites for hydroxylation is 1. The Morgan fingerprint density at radius 1 is 1.45 bits per heavy atom. The normalized spacial score (nSPS) is 10.7. The van der Waals surface area contributed by atoms with Gasteiger partial charge in [-0.2, -0.15) is 0 Å². The largest absolute Gasteiger partial charge is 0.347 e. The van der Waals surface area contributed by atoms with Crippen LogP contribution in [0.4, 0.5) is 0 Å². The molecule has 0 N–H and O–H groups in total. The van der Waals surface area contributed by atoms with Crippen LogP contribution in [0, 0.1) is 3.70 Å². The second-order valence-corrected chi connectivity index (χ2v) is 3.35. The van der Waals surface area contributed by atoms with E-state index >= 15 is 0 Å². The molecule has 0 radical (unpaired) electrons. The maximum atomic E-state index is 4.13. The fraction of sp³-hybridized carbons (Fsp3) is 0.143. The van der Waals surface area contributed by atoms with Gasteiger partial charge in [0.05, 0.1) is 11.0 Å². The van der Waals surface area contributed by atoms with Gasteiger partial charge < -0.3 is 4.57 Å². The topological polar surface area (TPSA) is 30.7 Å². The van der Waals surface area contributed by atoms with E-state index in [0.29, 0.717) is 0 Å². The minimum absolute atomic E-state index is 1.00. The van der Waals surface area contributed by atoms with Crippen molar-refractivity contribution in [1.29, 1.82) is 0 Å². The Bertz CT molecular complexity index is 393. The van der Waals surface area contributed by atoms with Gasteiger partial charge in [0.1, 0.15) is 10.0 Å². The number of fused-ring (bicyclic) bond motifs is 1. The predicted molar refractivity (Wildman–Crippen MR) is 51.2 cm³/mol. The van der Waals surface area contributed by atoms with Gasteiger partial charge in [-0.3, -0.25) is 0 Å². The van der Waals surface area contributed by atoms with E-state index in [-0.39, 0.29) is 0 Å². The summed E-state index contributed by atoms with van der Waals surface area (Å²) in [5, 5.41) is 0. The summed E-state index contributed by atoms with van der Waals surface area (Å²) in [7, 11) is 1.99. The summed E-state index contributed by atoms with van der Waals surface area (Å²) in [4.78, 5) is 8.22. The van der Waals surface area contributed by atoms with E-state index in [2.05, 4.69) is 32.6 Å². The van der Waals surface area contributed by atoms with Crippen LogP contribution in [0.1, 0.15) is 0 Å². The van der Waals surface area contributed by atoms with Crippen molar-refractivity contribution < 1.29 is 0 Å². The summed E-state index contributed by atoms with van der Waals surface area (Å²) in [5.41, 5.74) is 2.11. The van der Waals surface area contributed by atoms with Crippen LogP contribution in [-0.2, 0) is 7.05 Å². The van der Waals surface area contributed by atoms with Crippen molar-refractivity contribution in [3.63, 3.8) is 0 Å². The van der Waals surface area contributed by atoms with Gasteiger partial charge in [0.2, 0.25) is 0 Å². The first-order chi connectivity index (χ1) is 5.29. The van der Waals surface area contributed by atoms with Crippen LogP contribution >= 0.6 is 22.6 Å². The van der Waals surface area contributed by atoms with E-state index in [1.165, 1.54) is 0 Å². The zero-order chi connectivity index (χ0) is 7.84. The summed E-state index contributed by atoms with van der Waals surface area (Å²) >= 11 is 2.21. The number of rotatable bonds is 0. The van der Waals surface area contributed by atoms with Crippen LogP contribution in [0.3, 0.4) is 0 Å². The van der Waals surface area contributed by atoms with Gasteiger partial charge >= 0.3 is 0 Å². The van der Waals surface area contributed by atoms with Gasteiger partial charge in [-0.1, -0.05) is 0 Å². The highest BCUT2D eigenvalue weighted by Gasteiger charge is 2.02. The number of halogens is 1. The molecule has 0 amide bonds. The summed E-state index contributed by atoms with van der Waals surface area (Å²) in [5.74, 6) is 0. The lowest BCUT2D eigenvalue weighted by Crippen LogP contribution is -1.90. The smallest absolute Gasteiger partial charge is 0.128 e. The fourth-order valence-electron chi connectivity index (χ4n) is 1.07. The quantitative estimate of drug-likeness (QED) is 0.531. The second kappa shape index (κ2) is 2.44. The lowest BCUT2D eigenvalue weighted by atomic mass is 10.5. The van der Waals surface area contributed by atoms with E-state index in [0.717, 1.165) is 14.7 Å². The molecule has 0 saturated carbocycles. The Labute approximate surface area is 77.6 Å². The zero-order valence-corrected chi connectivity index (χ0v) is 8.11. The van der Waals surface area contributed by atoms with Crippen molar-refractivity contribution in [2.45, 2.75) is 0 Å². The molecule has 0 unspecified atom stereocenters. The second-order valence-electron chi connectivity index (χ2n) is 2.32. The van der Waals surface area contributed by atoms with Gasteiger partial charge in [-0.15, -0.1) is 0 Å². The van der Waals surface area contributed by atoms with E-state index in [1.54, 1.807) is 6.33 Å². The first-order valence-electron chi connectivity index (χ1n) is 3.20. The molecule has 0 aliphatic heterocycles. The number of hydrogen-bond acceptors (Lipinski definition) is 2. The molecule has 3 nitrogen and oxygen atoms in total. The molecule has 4 heteroatoms. The maximum Gasteiger partial charge on any atom is 0.128 e. The Kier molecular flexibility index (Phi) is 1.56. The molecular formula is C7H6IN3. The number of hydrogen-bond donors (Lipinski definition) is 0. The summed E-state index contributed by atoms with van der Waals surface area (Å²) in [6.45, 7) is 0. The Morgan fingerprint density at radius 2 is 2.27 bits per heavy atom. The van der Waals surface area contributed by atoms with Gasteiger partial charge in [0, 0.05) is 13.2 Å². The van der Waals surface area contributed by atoms with E-state index in [9.17, 15) is 0 Å². The fourth-order valence-corrected chi connectivity index (χ4v) is 1.86. The molecule has 0 atom stereocenters. The van der Waals surface area contributed by atoms with Crippen molar-refractivity contribution in [2.75, 3.05) is 0 Å². The molecule has 2 aromatic heterocycles. The molecule has 0 bridgehead atoms. The minimum Gasteiger partial charge on any atom is -0.347 e. The van der Waals surface area contributed by atoms with Gasteiger partial charge in [-0.25, -0.2) is 9.97 Å². The van der Waals surface area contributed by atoms with Crippen molar-refractivity contribution in [3.8, 4) is 0 Å². The average Bonchev–Trinajstić information content (AvgIpc) is 2.34. The van der Waals surface area contributed by atoms with Crippen LogP contribution in [0.5, 0.6) is 0 Å². The number of aromatic nitrogens is 3. The van der Waals surface area contributed by atoms with E-state index in [4.69, 9.17) is 0 Å². The SMILES string of the molecule is Cn1ccc2ncnc(I)c21. The highest BCUT2D eigenvalue weighted by Crippen LogP contribution is 2.15. The minimum atomic E-state index is 1.00. The number of nitrogens with zero attached hydrogens (tertiary/aromatic N) is 3. The molecule has 0 fully saturated rings. The molecule has 56 valence electrons. The third kappa shape index (κ3) is 1.01. The summed E-state index contributed by atoms with van der Waals surface area (Å²) in [6.07, 6.45) is 3.58. The van der Waals surface area contributed by atoms with Gasteiger partial charge in [0.25, 0.3) is 0 Å². The van der Waals surface area contributed by atoms with Gasteiger partial charge in [-0.05, 0) is 28.7 Å². The van der Waals surface area contributed by atoms with Crippen molar-refractivity contribution >= 4 is 33.6 Å². The van der Waals surface area contributed by atoms with Crippen molar-refractivity contribution in [1.82, 2.24) is 14.5 Å². The zero-order valence-electron chi connectivity index (χ0n) is 5.95. The Hall–Kier alpha value is -0.650. The molecule has 0 aliphatic rings. The van der Waals surface area contributed by atoms with Crippen LogP contribution < -0.4 is 0 Å². The molecule has 0 spiro atoms. The highest BCUT2D eigenvalue weighted by molar-refractivity contribution is 14.1. The molecule has 2 heterocycles. The van der Waals surface area contributed by atoms with Gasteiger partial charge in [0.15, 0.2) is 0 Å². The lowest BCUT2D eigenvalue weighted by molar-refractivity contribution is 0.957. The molecule has 0 saturated heterocycles. The third-order valence-corrected chi connectivity index (χ3v) is 2.40. The standard InChI is InChI=1S/C7H6IN3/c1-11-3-2-5-6(11)7(8)10-4-9-5/h2-4H,1H3. The molecule has 0 aromatic carbocycles. The van der Waals surface area contributed by atoms with Crippen molar-refractivity contribution in [3.05, 3.63) is 22.3 Å². The molecule has 0 aliphatic carbocycles. The highest BCUT2D eigenvalue weighted by atomic mass is 127. The van der Waals surface area contributed by atoms with E-state index < -0.39 is 0 Å². The molecule has 11 heavy (non-hydrogen) atoms. The first kappa shape index (κ1) is 7.02.